The summed E-state index contributed by atoms with van der Waals surface area (Å²) >= 11 is 0.648. The minimum absolute atomic E-state index is 0.0133. The fourth-order valence-electron chi connectivity index (χ4n) is 2.54. The lowest BCUT2D eigenvalue weighted by molar-refractivity contribution is 0.0596. The topological polar surface area (TPSA) is 117 Å². The molecular formula is C18H21NO8S2. The van der Waals surface area contributed by atoms with Crippen LogP contribution in [-0.2, 0) is 26.0 Å². The zero-order chi connectivity index (χ0) is 21.8. The van der Waals surface area contributed by atoms with Crippen molar-refractivity contribution in [3.05, 3.63) is 39.8 Å². The third-order valence-electron chi connectivity index (χ3n) is 4.03. The fraction of sp³-hybridized carbons (Fsp3) is 0.333. The summed E-state index contributed by atoms with van der Waals surface area (Å²) in [7, 11) is 1.13. The van der Waals surface area contributed by atoms with Gasteiger partial charge in [0.2, 0.25) is 0 Å². The van der Waals surface area contributed by atoms with Crippen molar-refractivity contribution in [2.45, 2.75) is 17.7 Å². The smallest absolute Gasteiger partial charge is 0.348 e. The number of rotatable bonds is 8. The number of ether oxygens (including phenoxy) is 4. The number of thiophene rings is 1. The molecular weight excluding hydrogens is 422 g/mol. The zero-order valence-corrected chi connectivity index (χ0v) is 18.2. The lowest BCUT2D eigenvalue weighted by Gasteiger charge is -2.11. The SMILES string of the molecule is COC(=O)c1sc(S(=O)(=O)NCc2ccc(OC)c(OC)c2)c(C(=O)OC)c1C. The summed E-state index contributed by atoms with van der Waals surface area (Å²) in [6.45, 7) is 1.39. The van der Waals surface area contributed by atoms with Gasteiger partial charge in [-0.2, -0.15) is 0 Å². The number of carbonyl (C=O) groups is 2. The maximum Gasteiger partial charge on any atom is 0.348 e. The van der Waals surface area contributed by atoms with Crippen molar-refractivity contribution in [2.24, 2.45) is 0 Å². The molecule has 2 aromatic rings. The molecule has 0 radical (unpaired) electrons. The average Bonchev–Trinajstić information content (AvgIpc) is 3.08. The third kappa shape index (κ3) is 4.69. The van der Waals surface area contributed by atoms with E-state index in [0.29, 0.717) is 28.4 Å². The Labute approximate surface area is 172 Å². The van der Waals surface area contributed by atoms with Gasteiger partial charge in [-0.25, -0.2) is 22.7 Å². The fourth-order valence-corrected chi connectivity index (χ4v) is 5.34. The van der Waals surface area contributed by atoms with Gasteiger partial charge in [-0.1, -0.05) is 6.07 Å². The van der Waals surface area contributed by atoms with Crippen LogP contribution in [0, 0.1) is 6.92 Å². The van der Waals surface area contributed by atoms with Crippen molar-refractivity contribution in [3.8, 4) is 11.5 Å². The van der Waals surface area contributed by atoms with Gasteiger partial charge in [-0.05, 0) is 30.2 Å². The monoisotopic (exact) mass is 443 g/mol. The maximum absolute atomic E-state index is 12.9. The van der Waals surface area contributed by atoms with Crippen LogP contribution in [0.25, 0.3) is 0 Å². The molecule has 0 atom stereocenters. The van der Waals surface area contributed by atoms with E-state index in [1.807, 2.05) is 0 Å². The Hall–Kier alpha value is -2.63. The van der Waals surface area contributed by atoms with Crippen molar-refractivity contribution in [1.82, 2.24) is 4.72 Å². The molecule has 2 rings (SSSR count). The van der Waals surface area contributed by atoms with E-state index in [4.69, 9.17) is 14.2 Å². The van der Waals surface area contributed by atoms with Crippen LogP contribution in [0.1, 0.15) is 31.2 Å². The van der Waals surface area contributed by atoms with Gasteiger partial charge in [0.15, 0.2) is 15.7 Å². The van der Waals surface area contributed by atoms with E-state index < -0.39 is 22.0 Å². The number of hydrogen-bond donors (Lipinski definition) is 1. The molecule has 0 bridgehead atoms. The molecule has 0 saturated heterocycles. The molecule has 11 heteroatoms. The first kappa shape index (κ1) is 22.7. The van der Waals surface area contributed by atoms with Gasteiger partial charge in [-0.15, -0.1) is 11.3 Å². The van der Waals surface area contributed by atoms with Crippen LogP contribution >= 0.6 is 11.3 Å². The summed E-state index contributed by atoms with van der Waals surface area (Å²) < 4.78 is 47.6. The number of nitrogens with one attached hydrogen (secondary N) is 1. The van der Waals surface area contributed by atoms with E-state index in [-0.39, 0.29) is 26.8 Å². The Balaban J connectivity index is 2.40. The van der Waals surface area contributed by atoms with Gasteiger partial charge in [0.1, 0.15) is 4.88 Å². The molecule has 1 N–H and O–H groups in total. The van der Waals surface area contributed by atoms with Crippen LogP contribution in [0.4, 0.5) is 0 Å². The number of sulfonamides is 1. The Bertz CT molecular complexity index is 1030. The lowest BCUT2D eigenvalue weighted by Crippen LogP contribution is -2.24. The molecule has 0 aliphatic heterocycles. The van der Waals surface area contributed by atoms with E-state index in [2.05, 4.69) is 9.46 Å². The summed E-state index contributed by atoms with van der Waals surface area (Å²) in [5, 5.41) is 0. The van der Waals surface area contributed by atoms with Crippen molar-refractivity contribution in [3.63, 3.8) is 0 Å². The molecule has 0 aliphatic rings. The molecule has 0 saturated carbocycles. The quantitative estimate of drug-likeness (QED) is 0.617. The summed E-state index contributed by atoms with van der Waals surface area (Å²) in [5.74, 6) is -0.650. The van der Waals surface area contributed by atoms with Gasteiger partial charge < -0.3 is 18.9 Å². The Morgan fingerprint density at radius 2 is 1.62 bits per heavy atom. The first-order valence-electron chi connectivity index (χ1n) is 8.20. The predicted molar refractivity (Wildman–Crippen MR) is 105 cm³/mol. The minimum atomic E-state index is -4.14. The summed E-state index contributed by atoms with van der Waals surface area (Å²) in [6, 6.07) is 4.94. The number of esters is 2. The van der Waals surface area contributed by atoms with Crippen LogP contribution in [0.15, 0.2) is 22.4 Å². The lowest BCUT2D eigenvalue weighted by atomic mass is 10.2. The predicted octanol–water partition coefficient (Wildman–Crippen LogP) is 2.13. The standard InChI is InChI=1S/C18H21NO8S2/c1-10-14(16(20)26-4)18(28-15(10)17(21)27-5)29(22,23)19-9-11-6-7-12(24-2)13(8-11)25-3/h6-8,19H,9H2,1-5H3. The Kier molecular flexibility index (Phi) is 7.22. The highest BCUT2D eigenvalue weighted by Crippen LogP contribution is 2.33. The molecule has 1 heterocycles. The molecule has 0 spiro atoms. The zero-order valence-electron chi connectivity index (χ0n) is 16.5. The molecule has 1 aromatic heterocycles. The molecule has 0 aliphatic carbocycles. The molecule has 0 fully saturated rings. The van der Waals surface area contributed by atoms with Crippen LogP contribution in [0.3, 0.4) is 0 Å². The van der Waals surface area contributed by atoms with Crippen molar-refractivity contribution < 1.29 is 37.0 Å². The number of carbonyl (C=O) groups excluding carboxylic acids is 2. The summed E-state index contributed by atoms with van der Waals surface area (Å²) in [6.07, 6.45) is 0. The molecule has 1 aromatic carbocycles. The van der Waals surface area contributed by atoms with E-state index in [0.717, 1.165) is 7.11 Å². The molecule has 0 unspecified atom stereocenters. The van der Waals surface area contributed by atoms with Crippen molar-refractivity contribution in [1.29, 1.82) is 0 Å². The second kappa shape index (κ2) is 9.25. The maximum atomic E-state index is 12.9. The van der Waals surface area contributed by atoms with Crippen LogP contribution in [0.5, 0.6) is 11.5 Å². The molecule has 158 valence electrons. The third-order valence-corrected chi connectivity index (χ3v) is 7.22. The van der Waals surface area contributed by atoms with Gasteiger partial charge in [0.25, 0.3) is 10.0 Å². The average molecular weight is 443 g/mol. The number of benzene rings is 1. The second-order valence-corrected chi connectivity index (χ2v) is 8.70. The van der Waals surface area contributed by atoms with Crippen molar-refractivity contribution >= 4 is 33.3 Å². The normalized spacial score (nSPS) is 11.1. The van der Waals surface area contributed by atoms with Crippen LogP contribution in [-0.4, -0.2) is 48.8 Å². The molecule has 0 amide bonds. The highest BCUT2D eigenvalue weighted by molar-refractivity contribution is 7.91. The van der Waals surface area contributed by atoms with Crippen molar-refractivity contribution in [2.75, 3.05) is 28.4 Å². The second-order valence-electron chi connectivity index (χ2n) is 5.72. The van der Waals surface area contributed by atoms with Gasteiger partial charge in [-0.3, -0.25) is 0 Å². The highest BCUT2D eigenvalue weighted by atomic mass is 32.2. The Morgan fingerprint density at radius 1 is 1.00 bits per heavy atom. The van der Waals surface area contributed by atoms with E-state index >= 15 is 0 Å². The van der Waals surface area contributed by atoms with Gasteiger partial charge in [0.05, 0.1) is 34.0 Å². The Morgan fingerprint density at radius 3 is 2.17 bits per heavy atom. The first-order chi connectivity index (χ1) is 13.7. The van der Waals surface area contributed by atoms with E-state index in [1.54, 1.807) is 18.2 Å². The van der Waals surface area contributed by atoms with Gasteiger partial charge in [0, 0.05) is 6.54 Å². The van der Waals surface area contributed by atoms with Crippen LogP contribution in [0.2, 0.25) is 0 Å². The van der Waals surface area contributed by atoms with E-state index in [9.17, 15) is 18.0 Å². The molecule has 29 heavy (non-hydrogen) atoms. The number of hydrogen-bond acceptors (Lipinski definition) is 9. The first-order valence-corrected chi connectivity index (χ1v) is 10.5. The van der Waals surface area contributed by atoms with Crippen LogP contribution < -0.4 is 14.2 Å². The highest BCUT2D eigenvalue weighted by Gasteiger charge is 2.32. The number of methoxy groups -OCH3 is 4. The molecule has 9 nitrogen and oxygen atoms in total. The van der Waals surface area contributed by atoms with Gasteiger partial charge >= 0.3 is 11.9 Å². The van der Waals surface area contributed by atoms with E-state index in [1.165, 1.54) is 28.3 Å². The summed E-state index contributed by atoms with van der Waals surface area (Å²) in [5.41, 5.74) is 0.588. The largest absolute Gasteiger partial charge is 0.493 e. The minimum Gasteiger partial charge on any atom is -0.493 e. The summed E-state index contributed by atoms with van der Waals surface area (Å²) in [4.78, 5) is 24.1.